The Labute approximate surface area is 105 Å². The molecule has 2 aliphatic rings. The Morgan fingerprint density at radius 3 is 2.00 bits per heavy atom. The summed E-state index contributed by atoms with van der Waals surface area (Å²) in [4.78, 5) is 16.1. The maximum absolute atomic E-state index is 11.5. The SMILES string of the molecule is CC(=O)N(C)C1C[C@H]2CC[C@@H](C1)N2C(C)(C)C. The molecule has 98 valence electrons. The molecule has 2 bridgehead atoms. The van der Waals surface area contributed by atoms with Crippen molar-refractivity contribution in [3.8, 4) is 0 Å². The van der Waals surface area contributed by atoms with Gasteiger partial charge in [0.15, 0.2) is 0 Å². The third kappa shape index (κ3) is 2.35. The van der Waals surface area contributed by atoms with Crippen LogP contribution in [-0.2, 0) is 4.79 Å². The van der Waals surface area contributed by atoms with E-state index in [2.05, 4.69) is 25.7 Å². The minimum absolute atomic E-state index is 0.207. The van der Waals surface area contributed by atoms with Gasteiger partial charge in [0, 0.05) is 37.6 Å². The van der Waals surface area contributed by atoms with Crippen LogP contribution in [0, 0.1) is 0 Å². The molecule has 1 amide bonds. The molecule has 0 aromatic carbocycles. The first kappa shape index (κ1) is 12.9. The fourth-order valence-electron chi connectivity index (χ4n) is 3.82. The van der Waals surface area contributed by atoms with Crippen LogP contribution in [0.5, 0.6) is 0 Å². The number of carbonyl (C=O) groups is 1. The van der Waals surface area contributed by atoms with Crippen molar-refractivity contribution in [3.63, 3.8) is 0 Å². The van der Waals surface area contributed by atoms with Gasteiger partial charge in [0.25, 0.3) is 0 Å². The fourth-order valence-corrected chi connectivity index (χ4v) is 3.82. The van der Waals surface area contributed by atoms with Crippen molar-refractivity contribution in [2.75, 3.05) is 7.05 Å². The second-order valence-electron chi connectivity index (χ2n) is 6.72. The van der Waals surface area contributed by atoms with Gasteiger partial charge in [-0.1, -0.05) is 0 Å². The van der Waals surface area contributed by atoms with Crippen molar-refractivity contribution < 1.29 is 4.79 Å². The largest absolute Gasteiger partial charge is 0.343 e. The number of fused-ring (bicyclic) bond motifs is 2. The van der Waals surface area contributed by atoms with E-state index in [0.717, 1.165) is 12.8 Å². The highest BCUT2D eigenvalue weighted by Gasteiger charge is 2.46. The van der Waals surface area contributed by atoms with Crippen molar-refractivity contribution >= 4 is 5.91 Å². The number of piperidine rings is 1. The third-order valence-electron chi connectivity index (χ3n) is 4.53. The van der Waals surface area contributed by atoms with Gasteiger partial charge >= 0.3 is 0 Å². The van der Waals surface area contributed by atoms with Gasteiger partial charge in [-0.3, -0.25) is 9.69 Å². The molecule has 0 spiro atoms. The Bertz CT molecular complexity index is 294. The van der Waals surface area contributed by atoms with Gasteiger partial charge in [-0.15, -0.1) is 0 Å². The molecular weight excluding hydrogens is 212 g/mol. The highest BCUT2D eigenvalue weighted by molar-refractivity contribution is 5.73. The number of nitrogens with zero attached hydrogens (tertiary/aromatic N) is 2. The Hall–Kier alpha value is -0.570. The Morgan fingerprint density at radius 2 is 1.65 bits per heavy atom. The quantitative estimate of drug-likeness (QED) is 0.699. The van der Waals surface area contributed by atoms with E-state index in [1.54, 1.807) is 6.92 Å². The lowest BCUT2D eigenvalue weighted by atomic mass is 9.91. The topological polar surface area (TPSA) is 23.6 Å². The lowest BCUT2D eigenvalue weighted by Crippen LogP contribution is -2.56. The summed E-state index contributed by atoms with van der Waals surface area (Å²) in [7, 11) is 1.96. The van der Waals surface area contributed by atoms with Gasteiger partial charge in [0.05, 0.1) is 0 Å². The zero-order valence-electron chi connectivity index (χ0n) is 11.9. The summed E-state index contributed by atoms with van der Waals surface area (Å²) in [6.07, 6.45) is 4.93. The highest BCUT2D eigenvalue weighted by Crippen LogP contribution is 2.41. The van der Waals surface area contributed by atoms with Crippen molar-refractivity contribution in [1.82, 2.24) is 9.80 Å². The molecule has 2 aliphatic heterocycles. The summed E-state index contributed by atoms with van der Waals surface area (Å²) in [6.45, 7) is 8.62. The van der Waals surface area contributed by atoms with Crippen LogP contribution in [0.2, 0.25) is 0 Å². The summed E-state index contributed by atoms with van der Waals surface area (Å²) in [5, 5.41) is 0. The van der Waals surface area contributed by atoms with Crippen LogP contribution in [0.4, 0.5) is 0 Å². The average Bonchev–Trinajstić information content (AvgIpc) is 2.49. The van der Waals surface area contributed by atoms with E-state index in [-0.39, 0.29) is 11.4 Å². The molecule has 2 rings (SSSR count). The summed E-state index contributed by atoms with van der Waals surface area (Å²) in [6, 6.07) is 1.82. The number of amides is 1. The van der Waals surface area contributed by atoms with E-state index in [1.165, 1.54) is 12.8 Å². The van der Waals surface area contributed by atoms with Crippen LogP contribution in [0.15, 0.2) is 0 Å². The van der Waals surface area contributed by atoms with Crippen LogP contribution < -0.4 is 0 Å². The summed E-state index contributed by atoms with van der Waals surface area (Å²) < 4.78 is 0. The lowest BCUT2D eigenvalue weighted by Gasteiger charge is -2.48. The zero-order valence-corrected chi connectivity index (χ0v) is 11.9. The molecule has 2 saturated heterocycles. The van der Waals surface area contributed by atoms with Crippen LogP contribution in [-0.4, -0.2) is 46.4 Å². The van der Waals surface area contributed by atoms with Gasteiger partial charge in [-0.05, 0) is 46.5 Å². The average molecular weight is 238 g/mol. The van der Waals surface area contributed by atoms with E-state index >= 15 is 0 Å². The van der Waals surface area contributed by atoms with Gasteiger partial charge in [-0.25, -0.2) is 0 Å². The first-order chi connectivity index (χ1) is 7.80. The molecule has 17 heavy (non-hydrogen) atoms. The summed E-state index contributed by atoms with van der Waals surface area (Å²) >= 11 is 0. The van der Waals surface area contributed by atoms with Gasteiger partial charge in [0.1, 0.15) is 0 Å². The predicted octanol–water partition coefficient (Wildman–Crippen LogP) is 2.26. The zero-order chi connectivity index (χ0) is 12.8. The predicted molar refractivity (Wildman–Crippen MR) is 69.9 cm³/mol. The van der Waals surface area contributed by atoms with Gasteiger partial charge in [0.2, 0.25) is 5.91 Å². The van der Waals surface area contributed by atoms with Gasteiger partial charge < -0.3 is 4.90 Å². The molecule has 0 aliphatic carbocycles. The molecule has 3 atom stereocenters. The minimum atomic E-state index is 0.207. The van der Waals surface area contributed by atoms with E-state index < -0.39 is 0 Å². The molecule has 1 unspecified atom stereocenters. The summed E-state index contributed by atoms with van der Waals surface area (Å²) in [5.74, 6) is 0.207. The van der Waals surface area contributed by atoms with Crippen molar-refractivity contribution in [2.45, 2.75) is 77.0 Å². The monoisotopic (exact) mass is 238 g/mol. The maximum Gasteiger partial charge on any atom is 0.219 e. The summed E-state index contributed by atoms with van der Waals surface area (Å²) in [5.41, 5.74) is 0.269. The Kier molecular flexibility index (Phi) is 3.23. The van der Waals surface area contributed by atoms with E-state index in [9.17, 15) is 4.79 Å². The molecule has 0 radical (unpaired) electrons. The van der Waals surface area contributed by atoms with Crippen molar-refractivity contribution in [1.29, 1.82) is 0 Å². The molecule has 3 nitrogen and oxygen atoms in total. The standard InChI is InChI=1S/C14H26N2O/c1-10(17)15(5)13-8-11-6-7-12(9-13)16(11)14(2,3)4/h11-13H,6-9H2,1-5H3/t11-,12+,13?. The molecule has 0 aromatic heterocycles. The van der Waals surface area contributed by atoms with Crippen LogP contribution in [0.3, 0.4) is 0 Å². The van der Waals surface area contributed by atoms with Crippen LogP contribution >= 0.6 is 0 Å². The molecule has 3 heteroatoms. The second-order valence-corrected chi connectivity index (χ2v) is 6.72. The van der Waals surface area contributed by atoms with E-state index in [0.29, 0.717) is 18.1 Å². The van der Waals surface area contributed by atoms with Crippen LogP contribution in [0.1, 0.15) is 53.4 Å². The van der Waals surface area contributed by atoms with Crippen LogP contribution in [0.25, 0.3) is 0 Å². The molecule has 2 fully saturated rings. The normalized spacial score (nSPS) is 33.8. The molecule has 0 N–H and O–H groups in total. The number of hydrogen-bond acceptors (Lipinski definition) is 2. The fraction of sp³-hybridized carbons (Fsp3) is 0.929. The van der Waals surface area contributed by atoms with E-state index in [4.69, 9.17) is 0 Å². The molecule has 0 saturated carbocycles. The lowest BCUT2D eigenvalue weighted by molar-refractivity contribution is -0.131. The molecule has 0 aromatic rings. The minimum Gasteiger partial charge on any atom is -0.343 e. The first-order valence-electron chi connectivity index (χ1n) is 6.82. The number of hydrogen-bond donors (Lipinski definition) is 0. The Morgan fingerprint density at radius 1 is 1.18 bits per heavy atom. The van der Waals surface area contributed by atoms with E-state index in [1.807, 2.05) is 11.9 Å². The smallest absolute Gasteiger partial charge is 0.219 e. The Balaban J connectivity index is 2.09. The number of rotatable bonds is 1. The maximum atomic E-state index is 11.5. The van der Waals surface area contributed by atoms with Crippen molar-refractivity contribution in [3.05, 3.63) is 0 Å². The van der Waals surface area contributed by atoms with Gasteiger partial charge in [-0.2, -0.15) is 0 Å². The molecular formula is C14H26N2O. The molecule has 2 heterocycles. The van der Waals surface area contributed by atoms with Crippen molar-refractivity contribution in [2.24, 2.45) is 0 Å². The second kappa shape index (κ2) is 4.27. The highest BCUT2D eigenvalue weighted by atomic mass is 16.2. The number of carbonyl (C=O) groups excluding carboxylic acids is 1. The first-order valence-corrected chi connectivity index (χ1v) is 6.82. The third-order valence-corrected chi connectivity index (χ3v) is 4.53.